The SMILES string of the molecule is CC(C)(C)OC(=O)CCCNc1nc(Cl)c(-c2ccccc2)n(CC(=O)OCc2ccccc2)c1=O. The first-order valence-corrected chi connectivity index (χ1v) is 12.0. The van der Waals surface area contributed by atoms with E-state index in [1.165, 1.54) is 4.57 Å². The third-order valence-corrected chi connectivity index (χ3v) is 5.23. The van der Waals surface area contributed by atoms with Crippen molar-refractivity contribution in [2.45, 2.75) is 52.4 Å². The molecule has 0 bridgehead atoms. The average Bonchev–Trinajstić information content (AvgIpc) is 2.83. The number of hydrogen-bond acceptors (Lipinski definition) is 7. The molecule has 36 heavy (non-hydrogen) atoms. The lowest BCUT2D eigenvalue weighted by atomic mass is 10.1. The van der Waals surface area contributed by atoms with Gasteiger partial charge < -0.3 is 14.8 Å². The molecule has 0 spiro atoms. The van der Waals surface area contributed by atoms with Crippen molar-refractivity contribution in [3.8, 4) is 11.3 Å². The number of halogens is 1. The van der Waals surface area contributed by atoms with Gasteiger partial charge in [-0.1, -0.05) is 72.3 Å². The number of nitrogens with one attached hydrogen (secondary N) is 1. The van der Waals surface area contributed by atoms with Crippen molar-refractivity contribution in [3.63, 3.8) is 0 Å². The largest absolute Gasteiger partial charge is 0.460 e. The molecule has 190 valence electrons. The number of hydrogen-bond donors (Lipinski definition) is 1. The molecule has 1 N–H and O–H groups in total. The van der Waals surface area contributed by atoms with Crippen molar-refractivity contribution in [2.24, 2.45) is 0 Å². The molecule has 2 aromatic carbocycles. The molecule has 0 aliphatic carbocycles. The Labute approximate surface area is 215 Å². The zero-order chi connectivity index (χ0) is 26.1. The van der Waals surface area contributed by atoms with Gasteiger partial charge in [0.2, 0.25) is 0 Å². The van der Waals surface area contributed by atoms with E-state index in [9.17, 15) is 14.4 Å². The first kappa shape index (κ1) is 26.9. The van der Waals surface area contributed by atoms with Crippen LogP contribution in [0, 0.1) is 0 Å². The summed E-state index contributed by atoms with van der Waals surface area (Å²) in [6, 6.07) is 18.3. The molecular formula is C27H30ClN3O5. The van der Waals surface area contributed by atoms with Crippen LogP contribution in [0.5, 0.6) is 0 Å². The van der Waals surface area contributed by atoms with E-state index in [2.05, 4.69) is 10.3 Å². The summed E-state index contributed by atoms with van der Waals surface area (Å²) in [6.45, 7) is 5.44. The third-order valence-electron chi connectivity index (χ3n) is 4.97. The summed E-state index contributed by atoms with van der Waals surface area (Å²) < 4.78 is 11.9. The maximum atomic E-state index is 13.3. The zero-order valence-corrected chi connectivity index (χ0v) is 21.4. The fourth-order valence-corrected chi connectivity index (χ4v) is 3.72. The summed E-state index contributed by atoms with van der Waals surface area (Å²) in [5.74, 6) is -0.927. The highest BCUT2D eigenvalue weighted by molar-refractivity contribution is 6.32. The maximum Gasteiger partial charge on any atom is 0.326 e. The molecule has 3 rings (SSSR count). The van der Waals surface area contributed by atoms with Crippen LogP contribution in [0.25, 0.3) is 11.3 Å². The molecule has 1 heterocycles. The Bertz CT molecular complexity index is 1240. The second-order valence-corrected chi connectivity index (χ2v) is 9.48. The second kappa shape index (κ2) is 12.4. The molecule has 1 aromatic heterocycles. The second-order valence-electron chi connectivity index (χ2n) is 9.12. The summed E-state index contributed by atoms with van der Waals surface area (Å²) in [7, 11) is 0. The number of aromatic nitrogens is 2. The van der Waals surface area contributed by atoms with Gasteiger partial charge in [0, 0.05) is 18.5 Å². The van der Waals surface area contributed by atoms with E-state index in [0.717, 1.165) is 5.56 Å². The topological polar surface area (TPSA) is 99.5 Å². The molecule has 0 atom stereocenters. The number of esters is 2. The predicted octanol–water partition coefficient (Wildman–Crippen LogP) is 4.84. The minimum atomic E-state index is -0.587. The number of carbonyl (C=O) groups excluding carboxylic acids is 2. The molecule has 0 fully saturated rings. The summed E-state index contributed by atoms with van der Waals surface area (Å²) >= 11 is 6.50. The quantitative estimate of drug-likeness (QED) is 0.307. The van der Waals surface area contributed by atoms with Crippen molar-refractivity contribution >= 4 is 29.4 Å². The summed E-state index contributed by atoms with van der Waals surface area (Å²) in [5.41, 5.74) is 0.710. The first-order valence-electron chi connectivity index (χ1n) is 11.6. The molecule has 8 nitrogen and oxygen atoms in total. The molecule has 0 radical (unpaired) electrons. The monoisotopic (exact) mass is 511 g/mol. The highest BCUT2D eigenvalue weighted by Gasteiger charge is 2.20. The summed E-state index contributed by atoms with van der Waals surface area (Å²) in [4.78, 5) is 42.2. The van der Waals surface area contributed by atoms with E-state index in [-0.39, 0.29) is 36.5 Å². The number of carbonyl (C=O) groups is 2. The summed E-state index contributed by atoms with van der Waals surface area (Å²) in [5, 5.41) is 2.99. The first-order chi connectivity index (χ1) is 17.1. The van der Waals surface area contributed by atoms with Crippen molar-refractivity contribution in [1.29, 1.82) is 0 Å². The minimum Gasteiger partial charge on any atom is -0.460 e. The van der Waals surface area contributed by atoms with Crippen molar-refractivity contribution in [3.05, 3.63) is 81.7 Å². The molecule has 0 saturated heterocycles. The number of ether oxygens (including phenoxy) is 2. The number of anilines is 1. The van der Waals surface area contributed by atoms with Crippen LogP contribution in [0.4, 0.5) is 5.82 Å². The molecule has 0 unspecified atom stereocenters. The van der Waals surface area contributed by atoms with Crippen LogP contribution in [0.1, 0.15) is 39.2 Å². The number of benzene rings is 2. The van der Waals surface area contributed by atoms with Crippen LogP contribution in [-0.2, 0) is 32.2 Å². The Morgan fingerprint density at radius 3 is 2.28 bits per heavy atom. The number of rotatable bonds is 10. The number of nitrogens with zero attached hydrogens (tertiary/aromatic N) is 2. The van der Waals surface area contributed by atoms with Crippen LogP contribution >= 0.6 is 11.6 Å². The van der Waals surface area contributed by atoms with E-state index >= 15 is 0 Å². The van der Waals surface area contributed by atoms with Gasteiger partial charge in [-0.15, -0.1) is 0 Å². The van der Waals surface area contributed by atoms with E-state index < -0.39 is 17.1 Å². The Morgan fingerprint density at radius 2 is 1.64 bits per heavy atom. The van der Waals surface area contributed by atoms with Gasteiger partial charge in [0.25, 0.3) is 5.56 Å². The van der Waals surface area contributed by atoms with Crippen LogP contribution < -0.4 is 10.9 Å². The van der Waals surface area contributed by atoms with E-state index in [4.69, 9.17) is 21.1 Å². The molecule has 9 heteroatoms. The normalized spacial score (nSPS) is 11.1. The maximum absolute atomic E-state index is 13.3. The Balaban J connectivity index is 1.77. The molecule has 0 saturated carbocycles. The molecule has 0 amide bonds. The lowest BCUT2D eigenvalue weighted by Crippen LogP contribution is -2.30. The van der Waals surface area contributed by atoms with E-state index in [1.54, 1.807) is 45.0 Å². The highest BCUT2D eigenvalue weighted by atomic mass is 35.5. The highest BCUT2D eigenvalue weighted by Crippen LogP contribution is 2.26. The van der Waals surface area contributed by atoms with E-state index in [1.807, 2.05) is 36.4 Å². The Hall–Kier alpha value is -3.65. The van der Waals surface area contributed by atoms with Crippen molar-refractivity contribution in [2.75, 3.05) is 11.9 Å². The summed E-state index contributed by atoms with van der Waals surface area (Å²) in [6.07, 6.45) is 0.604. The van der Waals surface area contributed by atoms with Gasteiger partial charge in [0.1, 0.15) is 18.8 Å². The van der Waals surface area contributed by atoms with Gasteiger partial charge in [0.05, 0.1) is 5.69 Å². The van der Waals surface area contributed by atoms with Crippen LogP contribution in [0.15, 0.2) is 65.5 Å². The Kier molecular flexibility index (Phi) is 9.25. The lowest BCUT2D eigenvalue weighted by molar-refractivity contribution is -0.154. The molecule has 0 aliphatic rings. The van der Waals surface area contributed by atoms with Crippen molar-refractivity contribution < 1.29 is 19.1 Å². The Morgan fingerprint density at radius 1 is 1.00 bits per heavy atom. The van der Waals surface area contributed by atoms with Gasteiger partial charge in [-0.3, -0.25) is 19.0 Å². The fraction of sp³-hybridized carbons (Fsp3) is 0.333. The molecule has 0 aliphatic heterocycles. The van der Waals surface area contributed by atoms with Gasteiger partial charge in [0.15, 0.2) is 11.0 Å². The zero-order valence-electron chi connectivity index (χ0n) is 20.6. The van der Waals surface area contributed by atoms with Crippen molar-refractivity contribution in [1.82, 2.24) is 9.55 Å². The third kappa shape index (κ3) is 7.95. The molecular weight excluding hydrogens is 482 g/mol. The lowest BCUT2D eigenvalue weighted by Gasteiger charge is -2.19. The van der Waals surface area contributed by atoms with Gasteiger partial charge in [-0.2, -0.15) is 0 Å². The van der Waals surface area contributed by atoms with Crippen LogP contribution in [0.3, 0.4) is 0 Å². The van der Waals surface area contributed by atoms with E-state index in [0.29, 0.717) is 24.2 Å². The van der Waals surface area contributed by atoms with Crippen LogP contribution in [-0.4, -0.2) is 33.6 Å². The van der Waals surface area contributed by atoms with Gasteiger partial charge in [-0.05, 0) is 32.8 Å². The predicted molar refractivity (Wildman–Crippen MR) is 139 cm³/mol. The fourth-order valence-electron chi connectivity index (χ4n) is 3.42. The standard InChI is InChI=1S/C27H30ClN3O5/c1-27(2,3)36-21(32)15-10-16-29-25-26(34)31(17-22(33)35-18-19-11-6-4-7-12-19)23(24(28)30-25)20-13-8-5-9-14-20/h4-9,11-14H,10,15-18H2,1-3H3,(H,29,30). The van der Waals surface area contributed by atoms with Gasteiger partial charge in [-0.25, -0.2) is 4.98 Å². The minimum absolute atomic E-state index is 0.0141. The smallest absolute Gasteiger partial charge is 0.326 e. The average molecular weight is 512 g/mol. The van der Waals surface area contributed by atoms with Gasteiger partial charge >= 0.3 is 11.9 Å². The molecule has 3 aromatic rings. The van der Waals surface area contributed by atoms with Crippen LogP contribution in [0.2, 0.25) is 5.15 Å².